The van der Waals surface area contributed by atoms with Crippen molar-refractivity contribution in [3.63, 3.8) is 0 Å². The second kappa shape index (κ2) is 19.4. The van der Waals surface area contributed by atoms with E-state index in [9.17, 15) is 10.1 Å². The lowest BCUT2D eigenvalue weighted by molar-refractivity contribution is -0.120. The third kappa shape index (κ3) is 21.4. The fraction of sp³-hybridized carbons (Fsp3) is 0.946. The van der Waals surface area contributed by atoms with E-state index in [1.165, 1.54) is 77.0 Å². The van der Waals surface area contributed by atoms with Gasteiger partial charge in [0, 0.05) is 12.8 Å². The number of hydrogen-bond donors (Lipinski definition) is 2. The smallest absolute Gasteiger partial charge is 0.132 e. The largest absolute Gasteiger partial charge is 0.330 e. The molecule has 0 aliphatic heterocycles. The summed E-state index contributed by atoms with van der Waals surface area (Å²) in [6, 6.07) is 2.59. The molecule has 3 fully saturated rings. The van der Waals surface area contributed by atoms with E-state index in [0.717, 1.165) is 58.0 Å². The van der Waals surface area contributed by atoms with Gasteiger partial charge in [-0.1, -0.05) is 107 Å². The van der Waals surface area contributed by atoms with Crippen LogP contribution < -0.4 is 11.5 Å². The van der Waals surface area contributed by atoms with Gasteiger partial charge in [-0.15, -0.1) is 0 Å². The maximum Gasteiger partial charge on any atom is 0.132 e. The zero-order chi connectivity index (χ0) is 31.6. The Balaban J connectivity index is 0.000000554. The molecule has 4 nitrogen and oxygen atoms in total. The molecule has 242 valence electrons. The Labute approximate surface area is 257 Å². The number of ketones is 1. The Bertz CT molecular complexity index is 709. The van der Waals surface area contributed by atoms with Crippen LogP contribution in [0.3, 0.4) is 0 Å². The van der Waals surface area contributed by atoms with Gasteiger partial charge in [-0.2, -0.15) is 5.26 Å². The molecule has 0 unspecified atom stereocenters. The summed E-state index contributed by atoms with van der Waals surface area (Å²) in [4.78, 5) is 10.5. The normalized spacial score (nSPS) is 20.6. The fourth-order valence-corrected chi connectivity index (χ4v) is 5.70. The SMILES string of the molecule is CC(C)(C)CCC1(C#N)CCCCC1.CC(C)(C)CCC1(CN)CCCCC1.CC(C)(C)CN.O=C1CCCCC1. The van der Waals surface area contributed by atoms with Crippen LogP contribution in [0.15, 0.2) is 0 Å². The number of nitrogens with zero attached hydrogens (tertiary/aromatic N) is 1. The number of hydrogen-bond acceptors (Lipinski definition) is 4. The molecule has 4 N–H and O–H groups in total. The fourth-order valence-electron chi connectivity index (χ4n) is 5.70. The lowest BCUT2D eigenvalue weighted by Gasteiger charge is -2.38. The van der Waals surface area contributed by atoms with Gasteiger partial charge in [-0.3, -0.25) is 4.79 Å². The maximum absolute atomic E-state index is 10.5. The number of nitrogens with two attached hydrogens (primary N) is 2. The molecule has 0 spiro atoms. The van der Waals surface area contributed by atoms with E-state index in [4.69, 9.17) is 11.5 Å². The Morgan fingerprint density at radius 3 is 1.34 bits per heavy atom. The predicted octanol–water partition coefficient (Wildman–Crippen LogP) is 10.5. The zero-order valence-corrected chi connectivity index (χ0v) is 29.4. The first-order valence-electron chi connectivity index (χ1n) is 17.2. The van der Waals surface area contributed by atoms with Crippen LogP contribution in [-0.2, 0) is 4.79 Å². The van der Waals surface area contributed by atoms with Crippen LogP contribution in [0.4, 0.5) is 0 Å². The second-order valence-corrected chi connectivity index (χ2v) is 17.2. The maximum atomic E-state index is 10.5. The van der Waals surface area contributed by atoms with Gasteiger partial charge in [0.2, 0.25) is 0 Å². The Morgan fingerprint density at radius 2 is 1.02 bits per heavy atom. The van der Waals surface area contributed by atoms with Crippen molar-refractivity contribution in [3.8, 4) is 6.07 Å². The molecule has 0 aromatic carbocycles. The van der Waals surface area contributed by atoms with Gasteiger partial charge in [0.1, 0.15) is 5.78 Å². The van der Waals surface area contributed by atoms with E-state index in [0.29, 0.717) is 27.4 Å². The second-order valence-electron chi connectivity index (χ2n) is 17.2. The van der Waals surface area contributed by atoms with E-state index in [2.05, 4.69) is 68.4 Å². The Morgan fingerprint density at radius 1 is 0.634 bits per heavy atom. The highest BCUT2D eigenvalue weighted by molar-refractivity contribution is 5.78. The Hall–Kier alpha value is -0.920. The molecule has 0 radical (unpaired) electrons. The number of Topliss-reactive ketones (excluding diaryl/α,β-unsaturated/α-hetero) is 1. The minimum Gasteiger partial charge on any atom is -0.330 e. The average molecular weight is 576 g/mol. The van der Waals surface area contributed by atoms with Crippen molar-refractivity contribution in [2.75, 3.05) is 13.1 Å². The summed E-state index contributed by atoms with van der Waals surface area (Å²) < 4.78 is 0. The van der Waals surface area contributed by atoms with E-state index >= 15 is 0 Å². The summed E-state index contributed by atoms with van der Waals surface area (Å²) in [7, 11) is 0. The van der Waals surface area contributed by atoms with Gasteiger partial charge < -0.3 is 11.5 Å². The minimum absolute atomic E-state index is 0.0333. The zero-order valence-electron chi connectivity index (χ0n) is 29.4. The summed E-state index contributed by atoms with van der Waals surface area (Å²) in [6.45, 7) is 21.8. The monoisotopic (exact) mass is 576 g/mol. The molecule has 3 rings (SSSR count). The van der Waals surface area contributed by atoms with Crippen LogP contribution in [0.25, 0.3) is 0 Å². The van der Waals surface area contributed by atoms with Crippen molar-refractivity contribution in [1.29, 1.82) is 5.26 Å². The van der Waals surface area contributed by atoms with E-state index in [1.807, 2.05) is 0 Å². The molecule has 0 amide bonds. The van der Waals surface area contributed by atoms with Gasteiger partial charge >= 0.3 is 0 Å². The molecule has 3 aliphatic carbocycles. The van der Waals surface area contributed by atoms with Crippen molar-refractivity contribution < 1.29 is 4.79 Å². The number of carbonyl (C=O) groups is 1. The van der Waals surface area contributed by atoms with Crippen molar-refractivity contribution in [2.45, 2.75) is 184 Å². The predicted molar refractivity (Wildman–Crippen MR) is 180 cm³/mol. The van der Waals surface area contributed by atoms with Crippen molar-refractivity contribution in [1.82, 2.24) is 0 Å². The lowest BCUT2D eigenvalue weighted by Crippen LogP contribution is -2.33. The van der Waals surface area contributed by atoms with E-state index in [-0.39, 0.29) is 5.41 Å². The first kappa shape index (κ1) is 40.1. The summed E-state index contributed by atoms with van der Waals surface area (Å²) >= 11 is 0. The van der Waals surface area contributed by atoms with Gasteiger partial charge in [0.05, 0.1) is 11.5 Å². The summed E-state index contributed by atoms with van der Waals surface area (Å²) in [5, 5.41) is 9.29. The van der Waals surface area contributed by atoms with Gasteiger partial charge in [-0.25, -0.2) is 0 Å². The molecule has 0 heterocycles. The van der Waals surface area contributed by atoms with Crippen LogP contribution in [0.5, 0.6) is 0 Å². The van der Waals surface area contributed by atoms with Crippen molar-refractivity contribution in [2.24, 2.45) is 38.5 Å². The van der Waals surface area contributed by atoms with Crippen LogP contribution in [0.1, 0.15) is 184 Å². The molecule has 3 saturated carbocycles. The number of nitriles is 1. The van der Waals surface area contributed by atoms with Crippen LogP contribution in [0.2, 0.25) is 0 Å². The highest BCUT2D eigenvalue weighted by Crippen LogP contribution is 2.42. The molecule has 41 heavy (non-hydrogen) atoms. The van der Waals surface area contributed by atoms with E-state index in [1.54, 1.807) is 0 Å². The average Bonchev–Trinajstić information content (AvgIpc) is 2.92. The topological polar surface area (TPSA) is 92.9 Å². The molecule has 0 aromatic rings. The number of rotatable bonds is 5. The number of carbonyl (C=O) groups excluding carboxylic acids is 1. The minimum atomic E-state index is 0.0333. The highest BCUT2D eigenvalue weighted by atomic mass is 16.1. The standard InChI is InChI=1S/C13H27N.C13H23N.C6H10O.C5H13N/c2*1-12(2,3)9-10-13(11-14)7-5-4-6-8-13;7-6-4-2-1-3-5-6;1-5(2,3)4-6/h4-11,14H2,1-3H3;4-10H2,1-3H3;1-5H2;4,6H2,1-3H3. The van der Waals surface area contributed by atoms with Crippen molar-refractivity contribution in [3.05, 3.63) is 0 Å². The summed E-state index contributed by atoms with van der Waals surface area (Å²) in [5.41, 5.74) is 13.0. The Kier molecular flexibility index (Phi) is 18.9. The lowest BCUT2D eigenvalue weighted by atomic mass is 9.69. The molecule has 0 atom stereocenters. The van der Waals surface area contributed by atoms with Gasteiger partial charge in [-0.05, 0) is 99.0 Å². The van der Waals surface area contributed by atoms with Crippen LogP contribution in [0, 0.1) is 38.4 Å². The molecule has 0 saturated heterocycles. The molecule has 0 aromatic heterocycles. The van der Waals surface area contributed by atoms with Gasteiger partial charge in [0.25, 0.3) is 0 Å². The van der Waals surface area contributed by atoms with Crippen LogP contribution in [-0.4, -0.2) is 18.9 Å². The molecular weight excluding hydrogens is 502 g/mol. The first-order chi connectivity index (χ1) is 18.9. The third-order valence-electron chi connectivity index (χ3n) is 9.18. The highest BCUT2D eigenvalue weighted by Gasteiger charge is 2.33. The molecular formula is C37H73N3O. The summed E-state index contributed by atoms with van der Waals surface area (Å²) in [6.07, 6.45) is 23.3. The molecule has 3 aliphatic rings. The third-order valence-corrected chi connectivity index (χ3v) is 9.18. The van der Waals surface area contributed by atoms with Gasteiger partial charge in [0.15, 0.2) is 0 Å². The van der Waals surface area contributed by atoms with Crippen molar-refractivity contribution >= 4 is 5.78 Å². The molecule has 4 heteroatoms. The molecule has 0 bridgehead atoms. The summed E-state index contributed by atoms with van der Waals surface area (Å²) in [5.74, 6) is 0.464. The first-order valence-corrected chi connectivity index (χ1v) is 17.2. The van der Waals surface area contributed by atoms with E-state index < -0.39 is 0 Å². The quantitative estimate of drug-likeness (QED) is 0.341. The van der Waals surface area contributed by atoms with Crippen LogP contribution >= 0.6 is 0 Å².